The number of halogens is 1. The summed E-state index contributed by atoms with van der Waals surface area (Å²) in [5, 5.41) is 1.71. The molecule has 3 rings (SSSR count). The molecule has 3 aromatic rings. The standard InChI is InChI=1S/C22H24ClN3O2S/c1-14(2)20-22(29-19-7-5-6-18(23)12-19)26(13-17-8-10-24-11-9-17)21(25-20)15(3)28-16(4)27/h5-12,14-15H,13H2,1-4H3. The van der Waals surface area contributed by atoms with E-state index in [0.717, 1.165) is 27.0 Å². The van der Waals surface area contributed by atoms with Gasteiger partial charge in [0, 0.05) is 29.2 Å². The van der Waals surface area contributed by atoms with E-state index in [-0.39, 0.29) is 11.9 Å². The van der Waals surface area contributed by atoms with Crippen molar-refractivity contribution in [3.63, 3.8) is 0 Å². The summed E-state index contributed by atoms with van der Waals surface area (Å²) in [5.74, 6) is 0.606. The second-order valence-corrected chi connectivity index (χ2v) is 8.57. The predicted molar refractivity (Wildman–Crippen MR) is 115 cm³/mol. The highest BCUT2D eigenvalue weighted by Gasteiger charge is 2.25. The largest absolute Gasteiger partial charge is 0.455 e. The number of pyridine rings is 1. The van der Waals surface area contributed by atoms with Gasteiger partial charge in [0.05, 0.1) is 12.2 Å². The van der Waals surface area contributed by atoms with Gasteiger partial charge < -0.3 is 9.30 Å². The molecule has 29 heavy (non-hydrogen) atoms. The molecule has 0 N–H and O–H groups in total. The van der Waals surface area contributed by atoms with Crippen LogP contribution in [-0.2, 0) is 16.1 Å². The Morgan fingerprint density at radius 1 is 1.21 bits per heavy atom. The molecule has 7 heteroatoms. The quantitative estimate of drug-likeness (QED) is 0.439. The first kappa shape index (κ1) is 21.4. The Labute approximate surface area is 180 Å². The van der Waals surface area contributed by atoms with E-state index in [1.54, 1.807) is 24.2 Å². The molecule has 0 bridgehead atoms. The molecule has 2 aromatic heterocycles. The SMILES string of the molecule is CC(=O)OC(C)c1nc(C(C)C)c(Sc2cccc(Cl)c2)n1Cc1ccncc1. The lowest BCUT2D eigenvalue weighted by atomic mass is 10.1. The zero-order chi connectivity index (χ0) is 21.0. The molecule has 0 fully saturated rings. The van der Waals surface area contributed by atoms with Gasteiger partial charge in [-0.15, -0.1) is 0 Å². The molecule has 0 saturated heterocycles. The second-order valence-electron chi connectivity index (χ2n) is 7.07. The van der Waals surface area contributed by atoms with Gasteiger partial charge in [-0.2, -0.15) is 0 Å². The van der Waals surface area contributed by atoms with Gasteiger partial charge >= 0.3 is 5.97 Å². The fourth-order valence-electron chi connectivity index (χ4n) is 3.04. The molecule has 0 aliphatic rings. The molecular formula is C22H24ClN3O2S. The molecule has 0 spiro atoms. The van der Waals surface area contributed by atoms with Crippen molar-refractivity contribution in [3.05, 3.63) is 70.9 Å². The fourth-order valence-corrected chi connectivity index (χ4v) is 4.50. The monoisotopic (exact) mass is 429 g/mol. The van der Waals surface area contributed by atoms with Crippen LogP contribution in [-0.4, -0.2) is 20.5 Å². The molecular weight excluding hydrogens is 406 g/mol. The van der Waals surface area contributed by atoms with Crippen LogP contribution in [0.1, 0.15) is 56.8 Å². The Balaban J connectivity index is 2.11. The Bertz CT molecular complexity index is 989. The van der Waals surface area contributed by atoms with Gasteiger partial charge in [-0.3, -0.25) is 9.78 Å². The zero-order valence-electron chi connectivity index (χ0n) is 16.9. The van der Waals surface area contributed by atoms with Crippen molar-refractivity contribution in [3.8, 4) is 0 Å². The Morgan fingerprint density at radius 3 is 2.55 bits per heavy atom. The van der Waals surface area contributed by atoms with Gasteiger partial charge in [-0.1, -0.05) is 43.3 Å². The lowest BCUT2D eigenvalue weighted by Crippen LogP contribution is -2.13. The number of aromatic nitrogens is 3. The van der Waals surface area contributed by atoms with Crippen molar-refractivity contribution in [1.82, 2.24) is 14.5 Å². The zero-order valence-corrected chi connectivity index (χ0v) is 18.5. The summed E-state index contributed by atoms with van der Waals surface area (Å²) >= 11 is 7.82. The van der Waals surface area contributed by atoms with Gasteiger partial charge in [0.2, 0.25) is 0 Å². The maximum absolute atomic E-state index is 11.6. The van der Waals surface area contributed by atoms with E-state index < -0.39 is 6.10 Å². The molecule has 0 amide bonds. The minimum absolute atomic E-state index is 0.207. The molecule has 0 aliphatic carbocycles. The van der Waals surface area contributed by atoms with Gasteiger partial charge in [-0.05, 0) is 48.7 Å². The summed E-state index contributed by atoms with van der Waals surface area (Å²) in [6.07, 6.45) is 3.09. The summed E-state index contributed by atoms with van der Waals surface area (Å²) in [7, 11) is 0. The highest BCUT2D eigenvalue weighted by Crippen LogP contribution is 2.37. The fraction of sp³-hybridized carbons (Fsp3) is 0.318. The predicted octanol–water partition coefficient (Wildman–Crippen LogP) is 5.88. The van der Waals surface area contributed by atoms with Crippen molar-refractivity contribution in [2.24, 2.45) is 0 Å². The van der Waals surface area contributed by atoms with Crippen LogP contribution in [0, 0.1) is 0 Å². The van der Waals surface area contributed by atoms with Gasteiger partial charge in [0.15, 0.2) is 11.9 Å². The van der Waals surface area contributed by atoms with Crippen molar-refractivity contribution >= 4 is 29.3 Å². The number of nitrogens with zero attached hydrogens (tertiary/aromatic N) is 3. The number of benzene rings is 1. The molecule has 5 nitrogen and oxygen atoms in total. The van der Waals surface area contributed by atoms with Crippen LogP contribution in [0.4, 0.5) is 0 Å². The molecule has 2 heterocycles. The van der Waals surface area contributed by atoms with Crippen LogP contribution >= 0.6 is 23.4 Å². The minimum Gasteiger partial charge on any atom is -0.455 e. The maximum atomic E-state index is 11.6. The minimum atomic E-state index is -0.458. The Hall–Kier alpha value is -2.31. The number of ether oxygens (including phenoxy) is 1. The van der Waals surface area contributed by atoms with Crippen LogP contribution in [0.3, 0.4) is 0 Å². The van der Waals surface area contributed by atoms with Crippen LogP contribution in [0.5, 0.6) is 0 Å². The molecule has 152 valence electrons. The number of imidazole rings is 1. The van der Waals surface area contributed by atoms with Gasteiger partial charge in [0.25, 0.3) is 0 Å². The first-order valence-corrected chi connectivity index (χ1v) is 10.6. The maximum Gasteiger partial charge on any atom is 0.303 e. The highest BCUT2D eigenvalue weighted by molar-refractivity contribution is 7.99. The number of carbonyl (C=O) groups excluding carboxylic acids is 1. The average Bonchev–Trinajstić information content (AvgIpc) is 3.00. The topological polar surface area (TPSA) is 57.0 Å². The van der Waals surface area contributed by atoms with Crippen LogP contribution in [0.15, 0.2) is 58.7 Å². The first-order valence-electron chi connectivity index (χ1n) is 9.45. The van der Waals surface area contributed by atoms with Gasteiger partial charge in [-0.25, -0.2) is 4.98 Å². The molecule has 0 aliphatic heterocycles. The third-order valence-corrected chi connectivity index (χ3v) is 5.68. The number of carbonyl (C=O) groups is 1. The number of hydrogen-bond acceptors (Lipinski definition) is 5. The second kappa shape index (κ2) is 9.46. The summed E-state index contributed by atoms with van der Waals surface area (Å²) < 4.78 is 7.60. The van der Waals surface area contributed by atoms with E-state index in [1.165, 1.54) is 6.92 Å². The van der Waals surface area contributed by atoms with E-state index in [9.17, 15) is 4.79 Å². The third kappa shape index (κ3) is 5.40. The first-order chi connectivity index (χ1) is 13.8. The Morgan fingerprint density at radius 2 is 1.93 bits per heavy atom. The van der Waals surface area contributed by atoms with Crippen molar-refractivity contribution in [1.29, 1.82) is 0 Å². The summed E-state index contributed by atoms with van der Waals surface area (Å²) in [4.78, 5) is 21.6. The molecule has 0 saturated carbocycles. The molecule has 1 aromatic carbocycles. The van der Waals surface area contributed by atoms with Crippen molar-refractivity contribution in [2.75, 3.05) is 0 Å². The normalized spacial score (nSPS) is 12.2. The van der Waals surface area contributed by atoms with E-state index >= 15 is 0 Å². The van der Waals surface area contributed by atoms with Gasteiger partial charge in [0.1, 0.15) is 5.03 Å². The summed E-state index contributed by atoms with van der Waals surface area (Å²) in [6, 6.07) is 11.7. The molecule has 0 radical (unpaired) electrons. The molecule has 1 unspecified atom stereocenters. The Kier molecular flexibility index (Phi) is 6.98. The van der Waals surface area contributed by atoms with Crippen molar-refractivity contribution < 1.29 is 9.53 Å². The van der Waals surface area contributed by atoms with Crippen LogP contribution in [0.25, 0.3) is 0 Å². The molecule has 1 atom stereocenters. The van der Waals surface area contributed by atoms with E-state index in [0.29, 0.717) is 11.6 Å². The summed E-state index contributed by atoms with van der Waals surface area (Å²) in [5.41, 5.74) is 2.06. The third-order valence-electron chi connectivity index (χ3n) is 4.33. The summed E-state index contributed by atoms with van der Waals surface area (Å²) in [6.45, 7) is 8.09. The van der Waals surface area contributed by atoms with Crippen LogP contribution in [0.2, 0.25) is 5.02 Å². The van der Waals surface area contributed by atoms with E-state index in [1.807, 2.05) is 43.3 Å². The number of esters is 1. The number of rotatable bonds is 7. The van der Waals surface area contributed by atoms with E-state index in [4.69, 9.17) is 21.3 Å². The lowest BCUT2D eigenvalue weighted by molar-refractivity contribution is -0.146. The van der Waals surface area contributed by atoms with E-state index in [2.05, 4.69) is 23.4 Å². The lowest BCUT2D eigenvalue weighted by Gasteiger charge is -2.16. The smallest absolute Gasteiger partial charge is 0.303 e. The van der Waals surface area contributed by atoms with Crippen molar-refractivity contribution in [2.45, 2.75) is 56.2 Å². The number of hydrogen-bond donors (Lipinski definition) is 0. The average molecular weight is 430 g/mol. The van der Waals surface area contributed by atoms with Crippen LogP contribution < -0.4 is 0 Å². The highest BCUT2D eigenvalue weighted by atomic mass is 35.5.